The van der Waals surface area contributed by atoms with Crippen LogP contribution in [0.1, 0.15) is 20.8 Å². The number of amides is 2. The highest BCUT2D eigenvalue weighted by atomic mass is 16.3. The van der Waals surface area contributed by atoms with Gasteiger partial charge in [0.2, 0.25) is 0 Å². The normalized spacial score (nSPS) is 10.1. The summed E-state index contributed by atoms with van der Waals surface area (Å²) in [6, 6.07) is 2.36. The second-order valence-electron chi connectivity index (χ2n) is 3.04. The molecule has 16 heavy (non-hydrogen) atoms. The van der Waals surface area contributed by atoms with Crippen LogP contribution in [0, 0.1) is 0 Å². The first-order valence-corrected chi connectivity index (χ1v) is 4.43. The van der Waals surface area contributed by atoms with E-state index in [1.807, 2.05) is 0 Å². The largest absolute Gasteiger partial charge is 0.395 e. The molecule has 5 N–H and O–H groups in total. The average molecular weight is 225 g/mol. The fraction of sp³-hybridized carbons (Fsp3) is 0.222. The minimum atomic E-state index is -0.896. The minimum absolute atomic E-state index is 0.0796. The Kier molecular flexibility index (Phi) is 3.41. The van der Waals surface area contributed by atoms with Crippen LogP contribution in [0.5, 0.6) is 0 Å². The number of carbonyl (C=O) groups is 2. The number of nitrogens with two attached hydrogens (primary N) is 2. The molecule has 0 aliphatic heterocycles. The number of aliphatic hydroxyl groups is 1. The minimum Gasteiger partial charge on any atom is -0.395 e. The lowest BCUT2D eigenvalue weighted by Gasteiger charge is -2.09. The second kappa shape index (κ2) is 4.58. The van der Waals surface area contributed by atoms with E-state index in [0.29, 0.717) is 0 Å². The van der Waals surface area contributed by atoms with Crippen molar-refractivity contribution < 1.29 is 14.7 Å². The topological polar surface area (TPSA) is 128 Å². The predicted molar refractivity (Wildman–Crippen MR) is 54.8 cm³/mol. The van der Waals surface area contributed by atoms with Crippen LogP contribution < -0.4 is 17.0 Å². The number of rotatable bonds is 4. The zero-order valence-corrected chi connectivity index (χ0v) is 8.34. The molecule has 1 rings (SSSR count). The lowest BCUT2D eigenvalue weighted by atomic mass is 10.2. The van der Waals surface area contributed by atoms with E-state index >= 15 is 0 Å². The molecule has 0 aromatic carbocycles. The third kappa shape index (κ3) is 2.09. The Morgan fingerprint density at radius 2 is 1.88 bits per heavy atom. The van der Waals surface area contributed by atoms with E-state index in [1.165, 1.54) is 6.07 Å². The van der Waals surface area contributed by atoms with Gasteiger partial charge < -0.3 is 21.1 Å². The van der Waals surface area contributed by atoms with Gasteiger partial charge in [-0.25, -0.2) is 0 Å². The van der Waals surface area contributed by atoms with Crippen LogP contribution in [0.3, 0.4) is 0 Å². The van der Waals surface area contributed by atoms with Gasteiger partial charge in [-0.15, -0.1) is 0 Å². The Morgan fingerprint density at radius 1 is 1.25 bits per heavy atom. The zero-order valence-electron chi connectivity index (χ0n) is 8.34. The summed E-state index contributed by atoms with van der Waals surface area (Å²) in [6.07, 6.45) is 0. The fourth-order valence-corrected chi connectivity index (χ4v) is 1.30. The quantitative estimate of drug-likeness (QED) is 0.549. The highest BCUT2D eigenvalue weighted by Gasteiger charge is 2.14. The van der Waals surface area contributed by atoms with Gasteiger partial charge in [0.1, 0.15) is 11.3 Å². The fourth-order valence-electron chi connectivity index (χ4n) is 1.30. The summed E-state index contributed by atoms with van der Waals surface area (Å²) in [4.78, 5) is 33.6. The van der Waals surface area contributed by atoms with Crippen molar-refractivity contribution in [3.63, 3.8) is 0 Å². The summed E-state index contributed by atoms with van der Waals surface area (Å²) in [5.41, 5.74) is 8.95. The van der Waals surface area contributed by atoms with E-state index in [1.54, 1.807) is 0 Å². The molecule has 0 saturated heterocycles. The van der Waals surface area contributed by atoms with Crippen LogP contribution in [-0.2, 0) is 6.54 Å². The molecule has 0 unspecified atom stereocenters. The third-order valence-corrected chi connectivity index (χ3v) is 2.02. The highest BCUT2D eigenvalue weighted by Crippen LogP contribution is 1.99. The summed E-state index contributed by atoms with van der Waals surface area (Å²) in [6.45, 7) is -0.485. The van der Waals surface area contributed by atoms with Crippen LogP contribution in [0.4, 0.5) is 0 Å². The molecule has 7 heteroatoms. The Balaban J connectivity index is 3.48. The molecule has 0 aliphatic carbocycles. The van der Waals surface area contributed by atoms with Gasteiger partial charge in [0, 0.05) is 6.54 Å². The smallest absolute Gasteiger partial charge is 0.265 e. The highest BCUT2D eigenvalue weighted by molar-refractivity contribution is 5.95. The number of carbonyl (C=O) groups excluding carboxylic acids is 2. The Morgan fingerprint density at radius 3 is 2.31 bits per heavy atom. The maximum atomic E-state index is 11.7. The molecular weight excluding hydrogens is 214 g/mol. The third-order valence-electron chi connectivity index (χ3n) is 2.02. The number of pyridine rings is 1. The van der Waals surface area contributed by atoms with Crippen LogP contribution in [0.15, 0.2) is 16.9 Å². The molecule has 0 aliphatic rings. The molecular formula is C9H11N3O4. The summed E-state index contributed by atoms with van der Waals surface area (Å²) in [5.74, 6) is -1.71. The monoisotopic (exact) mass is 225 g/mol. The molecule has 0 radical (unpaired) electrons. The van der Waals surface area contributed by atoms with Crippen LogP contribution in [0.2, 0.25) is 0 Å². The van der Waals surface area contributed by atoms with Gasteiger partial charge in [-0.1, -0.05) is 0 Å². The Bertz CT molecular complexity index is 492. The number of hydrogen-bond acceptors (Lipinski definition) is 4. The van der Waals surface area contributed by atoms with Crippen LogP contribution in [-0.4, -0.2) is 28.1 Å². The van der Waals surface area contributed by atoms with E-state index in [4.69, 9.17) is 16.6 Å². The van der Waals surface area contributed by atoms with Gasteiger partial charge >= 0.3 is 0 Å². The van der Waals surface area contributed by atoms with Crippen molar-refractivity contribution in [1.29, 1.82) is 0 Å². The van der Waals surface area contributed by atoms with Crippen molar-refractivity contribution >= 4 is 11.8 Å². The zero-order chi connectivity index (χ0) is 12.3. The lowest BCUT2D eigenvalue weighted by molar-refractivity contribution is 0.0976. The van der Waals surface area contributed by atoms with Gasteiger partial charge in [0.05, 0.1) is 6.61 Å². The number of aromatic nitrogens is 1. The van der Waals surface area contributed by atoms with Crippen molar-refractivity contribution in [3.05, 3.63) is 33.7 Å². The standard InChI is InChI=1S/C9H11N3O4/c10-7(14)5-1-2-6(8(11)15)12(3-4-13)9(5)16/h1-2,13H,3-4H2,(H2,10,14)(H2,11,15). The molecule has 86 valence electrons. The van der Waals surface area contributed by atoms with E-state index in [0.717, 1.165) is 10.6 Å². The first kappa shape index (κ1) is 11.9. The molecule has 7 nitrogen and oxygen atoms in total. The maximum absolute atomic E-state index is 11.7. The lowest BCUT2D eigenvalue weighted by Crippen LogP contribution is -2.34. The number of hydrogen-bond donors (Lipinski definition) is 3. The maximum Gasteiger partial charge on any atom is 0.265 e. The molecule has 0 spiro atoms. The van der Waals surface area contributed by atoms with Crippen molar-refractivity contribution in [1.82, 2.24) is 4.57 Å². The van der Waals surface area contributed by atoms with Crippen molar-refractivity contribution in [3.8, 4) is 0 Å². The summed E-state index contributed by atoms with van der Waals surface area (Å²) < 4.78 is 0.919. The number of nitrogens with zero attached hydrogens (tertiary/aromatic N) is 1. The van der Waals surface area contributed by atoms with Crippen LogP contribution in [0.25, 0.3) is 0 Å². The average Bonchev–Trinajstić information content (AvgIpc) is 2.20. The molecule has 0 fully saturated rings. The molecule has 1 heterocycles. The van der Waals surface area contributed by atoms with E-state index in [9.17, 15) is 14.4 Å². The van der Waals surface area contributed by atoms with Crippen LogP contribution >= 0.6 is 0 Å². The van der Waals surface area contributed by atoms with E-state index < -0.39 is 17.4 Å². The van der Waals surface area contributed by atoms with Gasteiger partial charge in [-0.3, -0.25) is 14.4 Å². The van der Waals surface area contributed by atoms with E-state index in [2.05, 4.69) is 0 Å². The molecule has 1 aromatic heterocycles. The molecule has 2 amide bonds. The summed E-state index contributed by atoms with van der Waals surface area (Å²) in [5, 5.41) is 8.75. The molecule has 0 bridgehead atoms. The second-order valence-corrected chi connectivity index (χ2v) is 3.04. The van der Waals surface area contributed by atoms with Gasteiger partial charge in [0.15, 0.2) is 0 Å². The van der Waals surface area contributed by atoms with Crippen molar-refractivity contribution in [2.45, 2.75) is 6.54 Å². The first-order valence-electron chi connectivity index (χ1n) is 4.43. The summed E-state index contributed by atoms with van der Waals surface area (Å²) >= 11 is 0. The van der Waals surface area contributed by atoms with Crippen molar-refractivity contribution in [2.75, 3.05) is 6.61 Å². The molecule has 0 atom stereocenters. The van der Waals surface area contributed by atoms with Gasteiger partial charge in [-0.2, -0.15) is 0 Å². The number of primary amides is 2. The summed E-state index contributed by atoms with van der Waals surface area (Å²) in [7, 11) is 0. The number of aliphatic hydroxyl groups excluding tert-OH is 1. The molecule has 1 aromatic rings. The Hall–Kier alpha value is -2.15. The van der Waals surface area contributed by atoms with Gasteiger partial charge in [0.25, 0.3) is 17.4 Å². The first-order chi connectivity index (χ1) is 7.49. The molecule has 0 saturated carbocycles. The van der Waals surface area contributed by atoms with Gasteiger partial charge in [-0.05, 0) is 12.1 Å². The Labute approximate surface area is 90.3 Å². The SMILES string of the molecule is NC(=O)c1ccc(C(N)=O)n(CCO)c1=O. The predicted octanol–water partition coefficient (Wildman–Crippen LogP) is -1.96. The van der Waals surface area contributed by atoms with E-state index in [-0.39, 0.29) is 24.4 Å². The van der Waals surface area contributed by atoms with Crippen molar-refractivity contribution in [2.24, 2.45) is 11.5 Å².